The topological polar surface area (TPSA) is 28.7 Å². The maximum atomic E-state index is 5.35. The van der Waals surface area contributed by atoms with Crippen molar-refractivity contribution in [3.8, 4) is 12.0 Å². The Morgan fingerprint density at radius 3 is 3.05 bits per heavy atom. The molecule has 0 saturated heterocycles. The lowest BCUT2D eigenvalue weighted by Crippen LogP contribution is -3.00. The van der Waals surface area contributed by atoms with Gasteiger partial charge in [-0.15, -0.1) is 0 Å². The Balaban J connectivity index is 0.00000180. The predicted molar refractivity (Wildman–Crippen MR) is 72.2 cm³/mol. The normalized spacial score (nSPS) is 18.1. The maximum Gasteiger partial charge on any atom is 0.177 e. The highest BCUT2D eigenvalue weighted by molar-refractivity contribution is 7.96. The van der Waals surface area contributed by atoms with Crippen LogP contribution in [0.3, 0.4) is 0 Å². The molecule has 0 aromatic carbocycles. The van der Waals surface area contributed by atoms with Crippen molar-refractivity contribution in [3.05, 3.63) is 30.1 Å². The summed E-state index contributed by atoms with van der Waals surface area (Å²) < 4.78 is 8.16. The maximum absolute atomic E-state index is 5.35. The predicted octanol–water partition coefficient (Wildman–Crippen LogP) is -1.13. The van der Waals surface area contributed by atoms with Crippen LogP contribution in [0.1, 0.15) is 25.8 Å². The highest BCUT2D eigenvalue weighted by Crippen LogP contribution is 2.27. The fourth-order valence-corrected chi connectivity index (χ4v) is 2.35. The summed E-state index contributed by atoms with van der Waals surface area (Å²) in [6.07, 6.45) is 7.50. The van der Waals surface area contributed by atoms with Gasteiger partial charge in [-0.2, -0.15) is 4.40 Å². The summed E-state index contributed by atoms with van der Waals surface area (Å²) in [5.41, 5.74) is 2.11. The fraction of sp³-hybridized carbons (Fsp3) is 0.385. The smallest absolute Gasteiger partial charge is 0.177 e. The monoisotopic (exact) mass is 389 g/mol. The van der Waals surface area contributed by atoms with Gasteiger partial charge in [0.2, 0.25) is 0 Å². The summed E-state index contributed by atoms with van der Waals surface area (Å²) >= 11 is 1.30. The molecule has 1 aromatic rings. The number of hydrogen-bond donors (Lipinski definition) is 0. The minimum absolute atomic E-state index is 0. The van der Waals surface area contributed by atoms with Crippen molar-refractivity contribution >= 4 is 17.8 Å². The zero-order valence-electron chi connectivity index (χ0n) is 11.1. The van der Waals surface area contributed by atoms with Crippen LogP contribution in [-0.4, -0.2) is 16.2 Å². The van der Waals surface area contributed by atoms with Crippen LogP contribution in [0.5, 0.6) is 0 Å². The minimum atomic E-state index is 0. The van der Waals surface area contributed by atoms with Gasteiger partial charge in [0.05, 0.1) is 11.3 Å². The molecule has 2 rings (SSSR count). The molecule has 0 fully saturated rings. The fourth-order valence-electron chi connectivity index (χ4n) is 1.61. The lowest BCUT2D eigenvalue weighted by atomic mass is 10.1. The Morgan fingerprint density at radius 1 is 1.58 bits per heavy atom. The number of pyridine rings is 1. The quantitative estimate of drug-likeness (QED) is 0.278. The van der Waals surface area contributed by atoms with Crippen molar-refractivity contribution in [2.75, 3.05) is 0 Å². The van der Waals surface area contributed by atoms with E-state index in [2.05, 4.69) is 35.6 Å². The minimum Gasteiger partial charge on any atom is -1.00 e. The Kier molecular flexibility index (Phi) is 6.62. The number of halogens is 1. The number of aromatic nitrogens is 1. The van der Waals surface area contributed by atoms with Crippen molar-refractivity contribution in [1.29, 1.82) is 0 Å². The first-order valence-corrected chi connectivity index (χ1v) is 6.60. The van der Waals surface area contributed by atoms with Gasteiger partial charge >= 0.3 is 0 Å². The summed E-state index contributed by atoms with van der Waals surface area (Å²) in [6.45, 7) is 4.04. The van der Waals surface area contributed by atoms with Gasteiger partial charge in [-0.3, -0.25) is 0 Å². The van der Waals surface area contributed by atoms with E-state index in [1.807, 2.05) is 30.8 Å². The van der Waals surface area contributed by atoms with Gasteiger partial charge in [-0.25, -0.2) is 4.57 Å². The van der Waals surface area contributed by atoms with Gasteiger partial charge in [-0.1, -0.05) is 12.8 Å². The molecular formula is C13H16IN3OS. The standard InChI is InChI=1S/C13H16N3OS.HI/c1-4-5-9-17-16-11(2)13(14-18-16)12-7-6-8-15(3)10-12;/h6-8,10-11H,4H2,1-3H3;1H/q+1;/p-1. The first-order valence-electron chi connectivity index (χ1n) is 5.87. The second kappa shape index (κ2) is 7.72. The van der Waals surface area contributed by atoms with Gasteiger partial charge in [0.1, 0.15) is 31.3 Å². The van der Waals surface area contributed by atoms with E-state index in [4.69, 9.17) is 4.84 Å². The molecule has 1 aliphatic rings. The van der Waals surface area contributed by atoms with Crippen molar-refractivity contribution in [2.24, 2.45) is 11.4 Å². The van der Waals surface area contributed by atoms with E-state index < -0.39 is 0 Å². The van der Waals surface area contributed by atoms with Crippen LogP contribution in [0, 0.1) is 12.0 Å². The van der Waals surface area contributed by atoms with E-state index in [0.717, 1.165) is 17.7 Å². The Labute approximate surface area is 135 Å². The molecule has 19 heavy (non-hydrogen) atoms. The zero-order valence-corrected chi connectivity index (χ0v) is 14.1. The summed E-state index contributed by atoms with van der Waals surface area (Å²) in [7, 11) is 2.00. The highest BCUT2D eigenvalue weighted by atomic mass is 127. The molecule has 0 spiro atoms. The van der Waals surface area contributed by atoms with Crippen LogP contribution in [-0.2, 0) is 11.9 Å². The van der Waals surface area contributed by atoms with E-state index in [0.29, 0.717) is 0 Å². The largest absolute Gasteiger partial charge is 1.00 e. The van der Waals surface area contributed by atoms with Gasteiger partial charge in [0.25, 0.3) is 0 Å². The lowest BCUT2D eigenvalue weighted by molar-refractivity contribution is -0.671. The highest BCUT2D eigenvalue weighted by Gasteiger charge is 2.30. The molecule has 0 radical (unpaired) electrons. The van der Waals surface area contributed by atoms with E-state index >= 15 is 0 Å². The van der Waals surface area contributed by atoms with Crippen molar-refractivity contribution in [1.82, 2.24) is 4.47 Å². The van der Waals surface area contributed by atoms with Gasteiger partial charge in [0, 0.05) is 12.5 Å². The molecule has 0 saturated carbocycles. The van der Waals surface area contributed by atoms with Crippen LogP contribution >= 0.6 is 12.1 Å². The molecule has 0 aliphatic carbocycles. The molecule has 0 bridgehead atoms. The van der Waals surface area contributed by atoms with E-state index in [9.17, 15) is 0 Å². The Morgan fingerprint density at radius 2 is 2.37 bits per heavy atom. The average Bonchev–Trinajstić information content (AvgIpc) is 2.72. The molecule has 102 valence electrons. The molecule has 6 heteroatoms. The Hall–Kier alpha value is -0.780. The molecule has 1 aliphatic heterocycles. The third kappa shape index (κ3) is 4.09. The van der Waals surface area contributed by atoms with E-state index in [-0.39, 0.29) is 30.0 Å². The first-order chi connectivity index (χ1) is 8.72. The van der Waals surface area contributed by atoms with Crippen LogP contribution in [0.25, 0.3) is 0 Å². The summed E-state index contributed by atoms with van der Waals surface area (Å²) in [4.78, 5) is 5.35. The molecule has 1 unspecified atom stereocenters. The van der Waals surface area contributed by atoms with Crippen molar-refractivity contribution < 1.29 is 33.4 Å². The molecular weight excluding hydrogens is 373 g/mol. The number of hydrogen-bond acceptors (Lipinski definition) is 4. The average molecular weight is 389 g/mol. The molecule has 4 nitrogen and oxygen atoms in total. The summed E-state index contributed by atoms with van der Waals surface area (Å²) in [5.74, 6) is 2.88. The molecule has 1 atom stereocenters. The van der Waals surface area contributed by atoms with Crippen LogP contribution < -0.4 is 28.5 Å². The van der Waals surface area contributed by atoms with Gasteiger partial charge in [0.15, 0.2) is 12.4 Å². The van der Waals surface area contributed by atoms with Crippen molar-refractivity contribution in [2.45, 2.75) is 26.3 Å². The van der Waals surface area contributed by atoms with Crippen LogP contribution in [0.2, 0.25) is 0 Å². The third-order valence-corrected chi connectivity index (χ3v) is 3.38. The van der Waals surface area contributed by atoms with Crippen molar-refractivity contribution in [3.63, 3.8) is 0 Å². The molecule has 0 N–H and O–H groups in total. The molecule has 2 heterocycles. The SMILES string of the molecule is CCC#CON1SN=C(c2ccc[n+](C)c2)C1C.[I-]. The summed E-state index contributed by atoms with van der Waals surface area (Å²) in [5, 5.41) is 0. The summed E-state index contributed by atoms with van der Waals surface area (Å²) in [6, 6.07) is 4.15. The number of aryl methyl sites for hydroxylation is 1. The third-order valence-electron chi connectivity index (χ3n) is 2.55. The second-order valence-corrected chi connectivity index (χ2v) is 4.71. The van der Waals surface area contributed by atoms with Gasteiger partial charge < -0.3 is 28.8 Å². The van der Waals surface area contributed by atoms with Gasteiger partial charge in [-0.05, 0) is 17.5 Å². The molecule has 1 aromatic heterocycles. The lowest BCUT2D eigenvalue weighted by Gasteiger charge is -2.14. The Bertz CT molecular complexity index is 524. The second-order valence-electron chi connectivity index (χ2n) is 4.00. The number of rotatable bonds is 2. The first kappa shape index (κ1) is 16.3. The van der Waals surface area contributed by atoms with Crippen LogP contribution in [0.15, 0.2) is 28.9 Å². The number of hydroxylamine groups is 1. The van der Waals surface area contributed by atoms with E-state index in [1.165, 1.54) is 12.1 Å². The zero-order chi connectivity index (χ0) is 13.0. The van der Waals surface area contributed by atoms with E-state index in [1.54, 1.807) is 4.47 Å². The molecule has 0 amide bonds. The number of nitrogens with zero attached hydrogens (tertiary/aromatic N) is 3. The van der Waals surface area contributed by atoms with Crippen LogP contribution in [0.4, 0.5) is 0 Å².